The molecule has 0 spiro atoms. The summed E-state index contributed by atoms with van der Waals surface area (Å²) >= 11 is 5.89. The molecular formula is C14H13ClF3N3O. The molecule has 118 valence electrons. The predicted octanol–water partition coefficient (Wildman–Crippen LogP) is 3.06. The molecule has 1 aromatic heterocycles. The van der Waals surface area contributed by atoms with Crippen molar-refractivity contribution < 1.29 is 18.0 Å². The Labute approximate surface area is 129 Å². The molecule has 0 bridgehead atoms. The zero-order valence-electron chi connectivity index (χ0n) is 11.6. The maximum atomic E-state index is 12.6. The van der Waals surface area contributed by atoms with Gasteiger partial charge in [-0.2, -0.15) is 18.3 Å². The van der Waals surface area contributed by atoms with Crippen LogP contribution in [0.3, 0.4) is 0 Å². The van der Waals surface area contributed by atoms with E-state index < -0.39 is 17.6 Å². The van der Waals surface area contributed by atoms with Gasteiger partial charge in [0.25, 0.3) is 5.91 Å². The number of amides is 1. The van der Waals surface area contributed by atoms with Crippen molar-refractivity contribution in [2.75, 3.05) is 6.54 Å². The summed E-state index contributed by atoms with van der Waals surface area (Å²) in [4.78, 5) is 11.9. The minimum absolute atomic E-state index is 0.200. The quantitative estimate of drug-likeness (QED) is 0.936. The third-order valence-electron chi connectivity index (χ3n) is 3.06. The largest absolute Gasteiger partial charge is 0.416 e. The first-order valence-corrected chi connectivity index (χ1v) is 6.78. The molecule has 4 nitrogen and oxygen atoms in total. The van der Waals surface area contributed by atoms with Gasteiger partial charge in [0.05, 0.1) is 17.3 Å². The van der Waals surface area contributed by atoms with Gasteiger partial charge in [0, 0.05) is 13.6 Å². The maximum Gasteiger partial charge on any atom is 0.416 e. The summed E-state index contributed by atoms with van der Waals surface area (Å²) in [6.45, 7) is 0.200. The van der Waals surface area contributed by atoms with E-state index in [4.69, 9.17) is 11.6 Å². The third-order valence-corrected chi connectivity index (χ3v) is 3.51. The lowest BCUT2D eigenvalue weighted by molar-refractivity contribution is -0.137. The van der Waals surface area contributed by atoms with Gasteiger partial charge in [-0.05, 0) is 18.1 Å². The van der Waals surface area contributed by atoms with Crippen LogP contribution < -0.4 is 5.32 Å². The highest BCUT2D eigenvalue weighted by Crippen LogP contribution is 2.29. The highest BCUT2D eigenvalue weighted by molar-refractivity contribution is 6.32. The number of nitrogens with one attached hydrogen (secondary N) is 1. The Morgan fingerprint density at radius 1 is 1.41 bits per heavy atom. The summed E-state index contributed by atoms with van der Waals surface area (Å²) in [5.74, 6) is -0.412. The molecular weight excluding hydrogens is 319 g/mol. The molecule has 0 fully saturated rings. The van der Waals surface area contributed by atoms with Gasteiger partial charge in [-0.25, -0.2) is 0 Å². The van der Waals surface area contributed by atoms with Crippen molar-refractivity contribution in [1.82, 2.24) is 15.1 Å². The summed E-state index contributed by atoms with van der Waals surface area (Å²) in [6.07, 6.45) is -2.75. The molecule has 0 aliphatic rings. The van der Waals surface area contributed by atoms with Gasteiger partial charge in [0.15, 0.2) is 0 Å². The second-order valence-electron chi connectivity index (χ2n) is 4.68. The molecule has 2 rings (SSSR count). The van der Waals surface area contributed by atoms with Gasteiger partial charge >= 0.3 is 6.18 Å². The number of nitrogens with zero attached hydrogens (tertiary/aromatic N) is 2. The fraction of sp³-hybridized carbons (Fsp3) is 0.286. The summed E-state index contributed by atoms with van der Waals surface area (Å²) in [5.41, 5.74) is 0.0206. The topological polar surface area (TPSA) is 46.9 Å². The second kappa shape index (κ2) is 6.39. The molecule has 0 aliphatic heterocycles. The van der Waals surface area contributed by atoms with Crippen molar-refractivity contribution in [1.29, 1.82) is 0 Å². The van der Waals surface area contributed by atoms with Gasteiger partial charge in [0.1, 0.15) is 5.15 Å². The van der Waals surface area contributed by atoms with Crippen LogP contribution in [0, 0.1) is 0 Å². The highest BCUT2D eigenvalue weighted by Gasteiger charge is 2.30. The van der Waals surface area contributed by atoms with Gasteiger partial charge in [-0.15, -0.1) is 0 Å². The monoisotopic (exact) mass is 331 g/mol. The number of benzene rings is 1. The SMILES string of the molecule is Cn1ncc(C(=O)NCCc2cccc(C(F)(F)F)c2)c1Cl. The van der Waals surface area contributed by atoms with Crippen LogP contribution in [0.25, 0.3) is 0 Å². The first-order valence-electron chi connectivity index (χ1n) is 6.41. The zero-order chi connectivity index (χ0) is 16.3. The van der Waals surface area contributed by atoms with E-state index in [9.17, 15) is 18.0 Å². The van der Waals surface area contributed by atoms with Crippen molar-refractivity contribution in [3.8, 4) is 0 Å². The average Bonchev–Trinajstić information content (AvgIpc) is 2.78. The summed E-state index contributed by atoms with van der Waals surface area (Å²) in [6, 6.07) is 5.01. The van der Waals surface area contributed by atoms with Crippen molar-refractivity contribution in [2.45, 2.75) is 12.6 Å². The molecule has 8 heteroatoms. The van der Waals surface area contributed by atoms with Crippen molar-refractivity contribution in [3.63, 3.8) is 0 Å². The van der Waals surface area contributed by atoms with Crippen molar-refractivity contribution in [2.24, 2.45) is 7.05 Å². The Bertz CT molecular complexity index is 682. The van der Waals surface area contributed by atoms with Crippen LogP contribution in [0.2, 0.25) is 5.15 Å². The third kappa shape index (κ3) is 3.79. The van der Waals surface area contributed by atoms with E-state index in [1.165, 1.54) is 16.9 Å². The van der Waals surface area contributed by atoms with Crippen LogP contribution in [0.4, 0.5) is 13.2 Å². The van der Waals surface area contributed by atoms with Crippen LogP contribution in [-0.4, -0.2) is 22.2 Å². The van der Waals surface area contributed by atoms with E-state index in [0.717, 1.165) is 12.1 Å². The van der Waals surface area contributed by atoms with E-state index >= 15 is 0 Å². The number of hydrogen-bond acceptors (Lipinski definition) is 2. The summed E-state index contributed by atoms with van der Waals surface area (Å²) < 4.78 is 39.1. The number of carbonyl (C=O) groups excluding carboxylic acids is 1. The van der Waals surface area contributed by atoms with Crippen LogP contribution in [0.5, 0.6) is 0 Å². The first kappa shape index (κ1) is 16.4. The standard InChI is InChI=1S/C14H13ClF3N3O/c1-21-12(15)11(8-20-21)13(22)19-6-5-9-3-2-4-10(7-9)14(16,17)18/h2-4,7-8H,5-6H2,1H3,(H,19,22). The second-order valence-corrected chi connectivity index (χ2v) is 5.03. The lowest BCUT2D eigenvalue weighted by Crippen LogP contribution is -2.25. The molecule has 1 aromatic carbocycles. The highest BCUT2D eigenvalue weighted by atomic mass is 35.5. The lowest BCUT2D eigenvalue weighted by Gasteiger charge is -2.09. The van der Waals surface area contributed by atoms with Crippen molar-refractivity contribution >= 4 is 17.5 Å². The van der Waals surface area contributed by atoms with E-state index in [1.54, 1.807) is 13.1 Å². The molecule has 1 amide bonds. The molecule has 1 N–H and O–H groups in total. The Kier molecular flexibility index (Phi) is 4.75. The minimum Gasteiger partial charge on any atom is -0.352 e. The number of aryl methyl sites for hydroxylation is 1. The molecule has 0 radical (unpaired) electrons. The summed E-state index contributed by atoms with van der Waals surface area (Å²) in [7, 11) is 1.60. The Morgan fingerprint density at radius 3 is 2.73 bits per heavy atom. The molecule has 0 unspecified atom stereocenters. The van der Waals surface area contributed by atoms with E-state index in [-0.39, 0.29) is 23.7 Å². The average molecular weight is 332 g/mol. The molecule has 0 aliphatic carbocycles. The van der Waals surface area contributed by atoms with Gasteiger partial charge in [-0.3, -0.25) is 9.48 Å². The van der Waals surface area contributed by atoms with Crippen LogP contribution in [0.1, 0.15) is 21.5 Å². The number of rotatable bonds is 4. The number of carbonyl (C=O) groups is 1. The predicted molar refractivity (Wildman–Crippen MR) is 75.7 cm³/mol. The minimum atomic E-state index is -4.37. The fourth-order valence-corrected chi connectivity index (χ4v) is 2.07. The van der Waals surface area contributed by atoms with Gasteiger partial charge < -0.3 is 5.32 Å². The zero-order valence-corrected chi connectivity index (χ0v) is 12.4. The van der Waals surface area contributed by atoms with Crippen molar-refractivity contribution in [3.05, 3.63) is 52.3 Å². The normalized spacial score (nSPS) is 11.5. The van der Waals surface area contributed by atoms with Gasteiger partial charge in [0.2, 0.25) is 0 Å². The smallest absolute Gasteiger partial charge is 0.352 e. The molecule has 0 atom stereocenters. The van der Waals surface area contributed by atoms with Gasteiger partial charge in [-0.1, -0.05) is 29.8 Å². The Hall–Kier alpha value is -2.02. The van der Waals surface area contributed by atoms with E-state index in [1.807, 2.05) is 0 Å². The first-order chi connectivity index (χ1) is 10.3. The summed E-state index contributed by atoms with van der Waals surface area (Å²) in [5, 5.41) is 6.65. The molecule has 22 heavy (non-hydrogen) atoms. The molecule has 0 saturated heterocycles. The molecule has 0 saturated carbocycles. The van der Waals surface area contributed by atoms with Crippen LogP contribution in [-0.2, 0) is 19.6 Å². The van der Waals surface area contributed by atoms with Crippen LogP contribution in [0.15, 0.2) is 30.5 Å². The fourth-order valence-electron chi connectivity index (χ4n) is 1.89. The lowest BCUT2D eigenvalue weighted by atomic mass is 10.1. The maximum absolute atomic E-state index is 12.6. The Morgan fingerprint density at radius 2 is 2.14 bits per heavy atom. The number of aromatic nitrogens is 2. The van der Waals surface area contributed by atoms with E-state index in [2.05, 4.69) is 10.4 Å². The van der Waals surface area contributed by atoms with E-state index in [0.29, 0.717) is 5.56 Å². The number of halogens is 4. The number of alkyl halides is 3. The van der Waals surface area contributed by atoms with Crippen LogP contribution >= 0.6 is 11.6 Å². The number of hydrogen-bond donors (Lipinski definition) is 1. The molecule has 2 aromatic rings. The Balaban J connectivity index is 1.94. The molecule has 1 heterocycles.